The number of likely N-dealkylation sites (tertiary alicyclic amines) is 1. The van der Waals surface area contributed by atoms with E-state index in [0.717, 1.165) is 25.7 Å². The second-order valence-electron chi connectivity index (χ2n) is 6.14. The second-order valence-corrected chi connectivity index (χ2v) is 6.14. The van der Waals surface area contributed by atoms with Gasteiger partial charge in [0.1, 0.15) is 11.5 Å². The lowest BCUT2D eigenvalue weighted by Gasteiger charge is -2.26. The molecule has 5 nitrogen and oxygen atoms in total. The van der Waals surface area contributed by atoms with E-state index in [9.17, 15) is 14.7 Å². The zero-order valence-corrected chi connectivity index (χ0v) is 10.6. The molecule has 2 saturated heterocycles. The zero-order valence-electron chi connectivity index (χ0n) is 10.6. The van der Waals surface area contributed by atoms with Gasteiger partial charge in [0.25, 0.3) is 0 Å². The molecule has 3 heterocycles. The maximum atomic E-state index is 12.6. The molecule has 19 heavy (non-hydrogen) atoms. The number of fused-ring (bicyclic) bond motifs is 1. The minimum atomic E-state index is -0.914. The van der Waals surface area contributed by atoms with Gasteiger partial charge in [-0.05, 0) is 12.8 Å². The minimum Gasteiger partial charge on any atom is -0.481 e. The monoisotopic (exact) mass is 263 g/mol. The summed E-state index contributed by atoms with van der Waals surface area (Å²) in [5, 5.41) is 9.36. The van der Waals surface area contributed by atoms with Gasteiger partial charge >= 0.3 is 5.97 Å². The van der Waals surface area contributed by atoms with E-state index in [0.29, 0.717) is 6.54 Å². The summed E-state index contributed by atoms with van der Waals surface area (Å²) >= 11 is 0. The first-order valence-electron chi connectivity index (χ1n) is 7.03. The average molecular weight is 263 g/mol. The Morgan fingerprint density at radius 2 is 2.16 bits per heavy atom. The minimum absolute atomic E-state index is 0.00819. The molecule has 5 heteroatoms. The van der Waals surface area contributed by atoms with Gasteiger partial charge in [0.15, 0.2) is 0 Å². The highest BCUT2D eigenvalue weighted by Crippen LogP contribution is 2.52. The van der Waals surface area contributed by atoms with Gasteiger partial charge in [0.05, 0.1) is 18.6 Å². The fraction of sp³-hybridized carbons (Fsp3) is 0.714. The van der Waals surface area contributed by atoms with Crippen molar-refractivity contribution in [2.45, 2.75) is 43.4 Å². The van der Waals surface area contributed by atoms with Crippen molar-refractivity contribution in [2.75, 3.05) is 6.54 Å². The highest BCUT2D eigenvalue weighted by molar-refractivity contribution is 5.91. The maximum absolute atomic E-state index is 12.6. The van der Waals surface area contributed by atoms with Gasteiger partial charge < -0.3 is 14.7 Å². The third-order valence-corrected chi connectivity index (χ3v) is 5.18. The number of nitrogens with zero attached hydrogens (tertiary/aromatic N) is 1. The lowest BCUT2D eigenvalue weighted by atomic mass is 9.77. The first-order valence-corrected chi connectivity index (χ1v) is 7.03. The topological polar surface area (TPSA) is 66.8 Å². The number of rotatable bonds is 2. The molecular formula is C14H17NO4. The van der Waals surface area contributed by atoms with Crippen molar-refractivity contribution >= 4 is 11.9 Å². The smallest absolute Gasteiger partial charge is 0.310 e. The van der Waals surface area contributed by atoms with Crippen LogP contribution in [0.25, 0.3) is 0 Å². The van der Waals surface area contributed by atoms with Crippen LogP contribution >= 0.6 is 0 Å². The van der Waals surface area contributed by atoms with Gasteiger partial charge in [-0.25, -0.2) is 0 Å². The summed E-state index contributed by atoms with van der Waals surface area (Å²) in [7, 11) is 0. The van der Waals surface area contributed by atoms with Gasteiger partial charge in [-0.2, -0.15) is 0 Å². The summed E-state index contributed by atoms with van der Waals surface area (Å²) in [5.41, 5.74) is -0.659. The molecule has 2 bridgehead atoms. The van der Waals surface area contributed by atoms with Crippen molar-refractivity contribution < 1.29 is 19.4 Å². The quantitative estimate of drug-likeness (QED) is 0.748. The molecule has 0 radical (unpaired) electrons. The van der Waals surface area contributed by atoms with E-state index >= 15 is 0 Å². The van der Waals surface area contributed by atoms with E-state index in [1.807, 2.05) is 17.1 Å². The van der Waals surface area contributed by atoms with Crippen molar-refractivity contribution in [3.8, 4) is 0 Å². The highest BCUT2D eigenvalue weighted by atomic mass is 16.5. The van der Waals surface area contributed by atoms with Gasteiger partial charge in [-0.15, -0.1) is 0 Å². The molecule has 1 aliphatic carbocycles. The fourth-order valence-corrected chi connectivity index (χ4v) is 4.34. The molecule has 0 aromatic heterocycles. The largest absolute Gasteiger partial charge is 0.481 e. The highest BCUT2D eigenvalue weighted by Gasteiger charge is 2.67. The van der Waals surface area contributed by atoms with Crippen molar-refractivity contribution in [2.24, 2.45) is 11.8 Å². The standard InChI is InChI=1S/C14H17NO4/c16-12-11-10(13(17)18)9-5-6-14(11,19-9)7-15(12)8-3-1-2-4-8/h5-6,8-11H,1-4,7H2,(H,17,18)/t9-,10+,11-,14-/m1/s1. The van der Waals surface area contributed by atoms with E-state index in [1.165, 1.54) is 0 Å². The Morgan fingerprint density at radius 1 is 1.42 bits per heavy atom. The number of carbonyl (C=O) groups is 2. The van der Waals surface area contributed by atoms with Gasteiger partial charge in [-0.1, -0.05) is 25.0 Å². The Morgan fingerprint density at radius 3 is 2.84 bits per heavy atom. The third kappa shape index (κ3) is 1.34. The normalized spacial score (nSPS) is 44.3. The summed E-state index contributed by atoms with van der Waals surface area (Å²) in [6.45, 7) is 0.540. The van der Waals surface area contributed by atoms with Crippen LogP contribution in [0.2, 0.25) is 0 Å². The van der Waals surface area contributed by atoms with Crippen LogP contribution in [0.4, 0.5) is 0 Å². The molecule has 1 N–H and O–H groups in total. The van der Waals surface area contributed by atoms with Crippen LogP contribution < -0.4 is 0 Å². The third-order valence-electron chi connectivity index (χ3n) is 5.18. The molecule has 3 aliphatic heterocycles. The van der Waals surface area contributed by atoms with Crippen molar-refractivity contribution in [1.82, 2.24) is 4.90 Å². The van der Waals surface area contributed by atoms with Gasteiger partial charge in [-0.3, -0.25) is 9.59 Å². The van der Waals surface area contributed by atoms with E-state index in [-0.39, 0.29) is 11.9 Å². The maximum Gasteiger partial charge on any atom is 0.310 e. The molecule has 3 fully saturated rings. The van der Waals surface area contributed by atoms with Crippen molar-refractivity contribution in [3.63, 3.8) is 0 Å². The molecule has 0 unspecified atom stereocenters. The average Bonchev–Trinajstić information content (AvgIpc) is 3.09. The lowest BCUT2D eigenvalue weighted by Crippen LogP contribution is -2.40. The summed E-state index contributed by atoms with van der Waals surface area (Å²) in [5.74, 6) is -2.14. The summed E-state index contributed by atoms with van der Waals surface area (Å²) in [6.07, 6.45) is 7.73. The first-order chi connectivity index (χ1) is 9.12. The Kier molecular flexibility index (Phi) is 2.17. The van der Waals surface area contributed by atoms with Crippen molar-refractivity contribution in [1.29, 1.82) is 0 Å². The molecule has 4 atom stereocenters. The second kappa shape index (κ2) is 3.60. The molecule has 1 saturated carbocycles. The number of aliphatic carboxylic acids is 1. The molecule has 1 spiro atoms. The Balaban J connectivity index is 1.69. The Labute approximate surface area is 111 Å². The van der Waals surface area contributed by atoms with Crippen LogP contribution in [-0.2, 0) is 14.3 Å². The Bertz CT molecular complexity index is 482. The van der Waals surface area contributed by atoms with Crippen LogP contribution in [0, 0.1) is 11.8 Å². The number of hydrogen-bond acceptors (Lipinski definition) is 3. The van der Waals surface area contributed by atoms with Crippen LogP contribution in [0.3, 0.4) is 0 Å². The summed E-state index contributed by atoms with van der Waals surface area (Å²) in [6, 6.07) is 0.290. The van der Waals surface area contributed by atoms with Crippen LogP contribution in [-0.4, -0.2) is 46.2 Å². The van der Waals surface area contributed by atoms with Crippen LogP contribution in [0.1, 0.15) is 25.7 Å². The summed E-state index contributed by atoms with van der Waals surface area (Å²) < 4.78 is 5.86. The van der Waals surface area contributed by atoms with Crippen molar-refractivity contribution in [3.05, 3.63) is 12.2 Å². The van der Waals surface area contributed by atoms with E-state index < -0.39 is 29.5 Å². The first kappa shape index (κ1) is 11.5. The number of carbonyl (C=O) groups excluding carboxylic acids is 1. The molecular weight excluding hydrogens is 246 g/mol. The summed E-state index contributed by atoms with van der Waals surface area (Å²) in [4.78, 5) is 25.9. The predicted octanol–water partition coefficient (Wildman–Crippen LogP) is 0.796. The predicted molar refractivity (Wildman–Crippen MR) is 65.3 cm³/mol. The van der Waals surface area contributed by atoms with E-state index in [4.69, 9.17) is 4.74 Å². The molecule has 4 aliphatic rings. The number of hydrogen-bond donors (Lipinski definition) is 1. The fourth-order valence-electron chi connectivity index (χ4n) is 4.34. The number of carboxylic acids is 1. The SMILES string of the molecule is O=C(O)[C@H]1[C@H]2C=C[C@]3(CN(C4CCCC4)C(=O)[C@@H]13)O2. The van der Waals surface area contributed by atoms with Gasteiger partial charge in [0.2, 0.25) is 5.91 Å². The van der Waals surface area contributed by atoms with Gasteiger partial charge in [0, 0.05) is 6.04 Å². The number of amides is 1. The lowest BCUT2D eigenvalue weighted by molar-refractivity contribution is -0.148. The Hall–Kier alpha value is -1.36. The molecule has 102 valence electrons. The molecule has 0 aromatic rings. The molecule has 1 amide bonds. The molecule has 4 rings (SSSR count). The number of carboxylic acid groups (broad SMARTS) is 1. The zero-order chi connectivity index (χ0) is 13.2. The van der Waals surface area contributed by atoms with E-state index in [2.05, 4.69) is 0 Å². The van der Waals surface area contributed by atoms with Crippen LogP contribution in [0.15, 0.2) is 12.2 Å². The number of ether oxygens (including phenoxy) is 1. The van der Waals surface area contributed by atoms with Crippen LogP contribution in [0.5, 0.6) is 0 Å². The molecule has 0 aromatic carbocycles. The van der Waals surface area contributed by atoms with E-state index in [1.54, 1.807) is 0 Å².